The first-order chi connectivity index (χ1) is 13.6. The molecular formula is C20H13Cl2F3N2O2. The number of hydrogen-bond donors (Lipinski definition) is 2. The van der Waals surface area contributed by atoms with E-state index in [1.165, 1.54) is 0 Å². The van der Waals surface area contributed by atoms with Crippen molar-refractivity contribution in [1.29, 1.82) is 0 Å². The summed E-state index contributed by atoms with van der Waals surface area (Å²) in [6, 6.07) is 14.1. The van der Waals surface area contributed by atoms with Crippen molar-refractivity contribution in [2.45, 2.75) is 12.2 Å². The average Bonchev–Trinajstić information content (AvgIpc) is 2.67. The third-order valence-corrected chi connectivity index (χ3v) is 4.65. The quantitative estimate of drug-likeness (QED) is 0.583. The molecule has 1 amide bonds. The van der Waals surface area contributed by atoms with Gasteiger partial charge >= 0.3 is 6.18 Å². The maximum Gasteiger partial charge on any atom is 0.431 e. The van der Waals surface area contributed by atoms with E-state index in [1.54, 1.807) is 53.5 Å². The topological polar surface area (TPSA) is 62.0 Å². The molecular weight excluding hydrogens is 428 g/mol. The molecule has 0 bridgehead atoms. The zero-order chi connectivity index (χ0) is 21.2. The molecule has 1 aromatic heterocycles. The van der Waals surface area contributed by atoms with Gasteiger partial charge in [0.15, 0.2) is 0 Å². The van der Waals surface area contributed by atoms with Crippen molar-refractivity contribution in [1.82, 2.24) is 10.3 Å². The fourth-order valence-corrected chi connectivity index (χ4v) is 2.95. The molecule has 2 N–H and O–H groups in total. The second-order valence-electron chi connectivity index (χ2n) is 6.12. The number of amides is 1. The van der Waals surface area contributed by atoms with Gasteiger partial charge in [-0.2, -0.15) is 13.2 Å². The minimum Gasteiger partial charge on any atom is -0.341 e. The molecule has 0 saturated carbocycles. The minimum atomic E-state index is -4.72. The van der Waals surface area contributed by atoms with E-state index in [9.17, 15) is 22.8 Å². The molecule has 1 heterocycles. The lowest BCUT2D eigenvalue weighted by molar-refractivity contribution is -0.141. The highest BCUT2D eigenvalue weighted by Gasteiger charge is 2.32. The molecule has 0 unspecified atom stereocenters. The molecule has 0 radical (unpaired) electrons. The summed E-state index contributed by atoms with van der Waals surface area (Å²) in [5.74, 6) is -0.824. The van der Waals surface area contributed by atoms with E-state index >= 15 is 0 Å². The van der Waals surface area contributed by atoms with Crippen molar-refractivity contribution in [2.75, 3.05) is 0 Å². The number of nitrogens with one attached hydrogen (secondary N) is 2. The van der Waals surface area contributed by atoms with Gasteiger partial charge in [0.05, 0.1) is 6.04 Å². The summed E-state index contributed by atoms with van der Waals surface area (Å²) in [7, 11) is 0. The molecule has 0 atom stereocenters. The highest BCUT2D eigenvalue weighted by molar-refractivity contribution is 6.30. The largest absolute Gasteiger partial charge is 0.431 e. The van der Waals surface area contributed by atoms with Crippen LogP contribution in [0.25, 0.3) is 0 Å². The highest BCUT2D eigenvalue weighted by Crippen LogP contribution is 2.27. The second kappa shape index (κ2) is 8.31. The number of alkyl halides is 3. The van der Waals surface area contributed by atoms with Gasteiger partial charge in [-0.1, -0.05) is 47.5 Å². The first kappa shape index (κ1) is 21.0. The fraction of sp³-hybridized carbons (Fsp3) is 0.100. The lowest BCUT2D eigenvalue weighted by Crippen LogP contribution is -2.34. The molecule has 3 aromatic rings. The lowest BCUT2D eigenvalue weighted by Gasteiger charge is -2.20. The zero-order valence-corrected chi connectivity index (χ0v) is 16.1. The van der Waals surface area contributed by atoms with Crippen LogP contribution in [0, 0.1) is 0 Å². The Morgan fingerprint density at radius 2 is 1.34 bits per heavy atom. The smallest absolute Gasteiger partial charge is 0.341 e. The summed E-state index contributed by atoms with van der Waals surface area (Å²) >= 11 is 11.8. The van der Waals surface area contributed by atoms with Crippen LogP contribution in [0.5, 0.6) is 0 Å². The Labute approximate surface area is 173 Å². The van der Waals surface area contributed by atoms with Crippen LogP contribution in [0.1, 0.15) is 33.2 Å². The van der Waals surface area contributed by atoms with E-state index in [0.717, 1.165) is 6.07 Å². The number of H-pyrrole nitrogens is 1. The summed E-state index contributed by atoms with van der Waals surface area (Å²) in [6.07, 6.45) is -4.72. The van der Waals surface area contributed by atoms with Crippen LogP contribution < -0.4 is 10.9 Å². The van der Waals surface area contributed by atoms with Gasteiger partial charge in [0.2, 0.25) is 0 Å². The molecule has 0 fully saturated rings. The predicted octanol–water partition coefficient (Wildman–Crippen LogP) is 5.22. The van der Waals surface area contributed by atoms with Gasteiger partial charge in [-0.3, -0.25) is 9.59 Å². The Kier molecular flexibility index (Phi) is 6.00. The Morgan fingerprint density at radius 3 is 1.76 bits per heavy atom. The lowest BCUT2D eigenvalue weighted by atomic mass is 9.98. The molecule has 0 aliphatic rings. The summed E-state index contributed by atoms with van der Waals surface area (Å²) in [4.78, 5) is 26.4. The number of aromatic amines is 1. The van der Waals surface area contributed by atoms with E-state index in [1.807, 2.05) is 0 Å². The molecule has 3 rings (SSSR count). The van der Waals surface area contributed by atoms with Crippen molar-refractivity contribution in [3.63, 3.8) is 0 Å². The van der Waals surface area contributed by atoms with Crippen LogP contribution in [-0.4, -0.2) is 10.9 Å². The van der Waals surface area contributed by atoms with Gasteiger partial charge < -0.3 is 10.3 Å². The number of aromatic nitrogens is 1. The molecule has 150 valence electrons. The Hall–Kier alpha value is -2.77. The van der Waals surface area contributed by atoms with E-state index in [-0.39, 0.29) is 0 Å². The molecule has 29 heavy (non-hydrogen) atoms. The highest BCUT2D eigenvalue weighted by atomic mass is 35.5. The maximum atomic E-state index is 12.7. The van der Waals surface area contributed by atoms with Crippen molar-refractivity contribution < 1.29 is 18.0 Å². The number of halogens is 5. The van der Waals surface area contributed by atoms with Crippen LogP contribution in [0.4, 0.5) is 13.2 Å². The van der Waals surface area contributed by atoms with Crippen LogP contribution in [-0.2, 0) is 6.18 Å². The van der Waals surface area contributed by atoms with Crippen LogP contribution in [0.3, 0.4) is 0 Å². The van der Waals surface area contributed by atoms with Crippen molar-refractivity contribution >= 4 is 29.1 Å². The fourth-order valence-electron chi connectivity index (χ4n) is 2.70. The SMILES string of the molecule is O=C(NC(c1ccc(Cl)cc1)c1ccc(Cl)cc1)c1ccc(C(F)(F)F)[nH]c1=O. The van der Waals surface area contributed by atoms with E-state index < -0.39 is 34.9 Å². The third-order valence-electron chi connectivity index (χ3n) is 4.14. The van der Waals surface area contributed by atoms with Crippen LogP contribution >= 0.6 is 23.2 Å². The number of pyridine rings is 1. The van der Waals surface area contributed by atoms with Crippen molar-refractivity contribution in [3.05, 3.63) is 103 Å². The number of benzene rings is 2. The summed E-state index contributed by atoms with van der Waals surface area (Å²) in [5.41, 5.74) is -1.48. The Bertz CT molecular complexity index is 1030. The molecule has 0 saturated heterocycles. The number of rotatable bonds is 4. The summed E-state index contributed by atoms with van der Waals surface area (Å²) < 4.78 is 38.2. The third kappa shape index (κ3) is 4.99. The molecule has 0 aliphatic heterocycles. The first-order valence-electron chi connectivity index (χ1n) is 8.27. The number of carbonyl (C=O) groups excluding carboxylic acids is 1. The molecule has 4 nitrogen and oxygen atoms in total. The standard InChI is InChI=1S/C20H13Cl2F3N2O2/c21-13-5-1-11(2-6-13)17(12-3-7-14(22)8-4-12)27-19(29)15-9-10-16(20(23,24)25)26-18(15)28/h1-10,17H,(H,26,28)(H,27,29). The summed E-state index contributed by atoms with van der Waals surface area (Å²) in [6.45, 7) is 0. The Balaban J connectivity index is 1.95. The van der Waals surface area contributed by atoms with Gasteiger partial charge in [-0.25, -0.2) is 0 Å². The molecule has 2 aromatic carbocycles. The van der Waals surface area contributed by atoms with Crippen molar-refractivity contribution in [3.8, 4) is 0 Å². The molecule has 9 heteroatoms. The van der Waals surface area contributed by atoms with Crippen molar-refractivity contribution in [2.24, 2.45) is 0 Å². The summed E-state index contributed by atoms with van der Waals surface area (Å²) in [5, 5.41) is 3.67. The Morgan fingerprint density at radius 1 is 0.862 bits per heavy atom. The van der Waals surface area contributed by atoms with E-state index in [4.69, 9.17) is 23.2 Å². The van der Waals surface area contributed by atoms with Gasteiger partial charge in [-0.05, 0) is 47.5 Å². The maximum absolute atomic E-state index is 12.7. The minimum absolute atomic E-state index is 0.439. The van der Waals surface area contributed by atoms with Gasteiger partial charge in [0.25, 0.3) is 11.5 Å². The average molecular weight is 441 g/mol. The van der Waals surface area contributed by atoms with Gasteiger partial charge in [-0.15, -0.1) is 0 Å². The molecule has 0 aliphatic carbocycles. The molecule has 0 spiro atoms. The van der Waals surface area contributed by atoms with E-state index in [0.29, 0.717) is 27.2 Å². The predicted molar refractivity (Wildman–Crippen MR) is 104 cm³/mol. The van der Waals surface area contributed by atoms with E-state index in [2.05, 4.69) is 5.32 Å². The number of hydrogen-bond acceptors (Lipinski definition) is 2. The first-order valence-corrected chi connectivity index (χ1v) is 9.03. The van der Waals surface area contributed by atoms with Gasteiger partial charge in [0.1, 0.15) is 11.3 Å². The number of carbonyl (C=O) groups is 1. The van der Waals surface area contributed by atoms with Crippen LogP contribution in [0.2, 0.25) is 10.0 Å². The monoisotopic (exact) mass is 440 g/mol. The van der Waals surface area contributed by atoms with Crippen LogP contribution in [0.15, 0.2) is 65.5 Å². The van der Waals surface area contributed by atoms with Gasteiger partial charge in [0, 0.05) is 10.0 Å². The second-order valence-corrected chi connectivity index (χ2v) is 7.00. The zero-order valence-electron chi connectivity index (χ0n) is 14.6. The normalized spacial score (nSPS) is 11.5.